The standard InChI is InChI=1S/C25H34N4O4/c1-3-33-22-12-10-20(11-13-22)7-5-8-21(18-24(30)27-32)25(31)29-16-14-28(15-17-29)23-9-4-6-19(2)26-23/h4,6,9-13,21,32H,3,5,7-8,14-18H2,1-2H3,(H,27,30)/t21-/m1/s1. The van der Waals surface area contributed by atoms with Crippen LogP contribution < -0.4 is 15.1 Å². The third-order valence-electron chi connectivity index (χ3n) is 5.95. The average molecular weight is 455 g/mol. The largest absolute Gasteiger partial charge is 0.494 e. The molecule has 0 radical (unpaired) electrons. The predicted octanol–water partition coefficient (Wildman–Crippen LogP) is 2.97. The van der Waals surface area contributed by atoms with Crippen molar-refractivity contribution in [3.63, 3.8) is 0 Å². The summed E-state index contributed by atoms with van der Waals surface area (Å²) in [6, 6.07) is 13.9. The van der Waals surface area contributed by atoms with Gasteiger partial charge in [0.2, 0.25) is 11.8 Å². The number of carbonyl (C=O) groups is 2. The first kappa shape index (κ1) is 24.5. The number of nitrogens with one attached hydrogen (secondary N) is 1. The van der Waals surface area contributed by atoms with Gasteiger partial charge in [0.1, 0.15) is 11.6 Å². The molecule has 8 heteroatoms. The van der Waals surface area contributed by atoms with Gasteiger partial charge in [-0.3, -0.25) is 14.8 Å². The summed E-state index contributed by atoms with van der Waals surface area (Å²) in [5.74, 6) is 0.755. The van der Waals surface area contributed by atoms with Gasteiger partial charge in [0.15, 0.2) is 0 Å². The molecule has 1 aliphatic heterocycles. The Labute approximate surface area is 195 Å². The predicted molar refractivity (Wildman–Crippen MR) is 126 cm³/mol. The number of aryl methyl sites for hydroxylation is 2. The van der Waals surface area contributed by atoms with E-state index in [0.717, 1.165) is 35.7 Å². The topological polar surface area (TPSA) is 95.0 Å². The van der Waals surface area contributed by atoms with Crippen LogP contribution in [0.4, 0.5) is 5.82 Å². The molecule has 8 nitrogen and oxygen atoms in total. The fraction of sp³-hybridized carbons (Fsp3) is 0.480. The zero-order chi connectivity index (χ0) is 23.6. The van der Waals surface area contributed by atoms with Crippen LogP contribution in [0.3, 0.4) is 0 Å². The molecule has 1 saturated heterocycles. The van der Waals surface area contributed by atoms with Crippen molar-refractivity contribution in [2.75, 3.05) is 37.7 Å². The molecule has 0 aliphatic carbocycles. The van der Waals surface area contributed by atoms with E-state index < -0.39 is 11.8 Å². The maximum absolute atomic E-state index is 13.2. The number of nitrogens with zero attached hydrogens (tertiary/aromatic N) is 3. The van der Waals surface area contributed by atoms with Gasteiger partial charge in [-0.2, -0.15) is 0 Å². The van der Waals surface area contributed by atoms with E-state index in [0.29, 0.717) is 39.2 Å². The molecule has 0 bridgehead atoms. The zero-order valence-corrected chi connectivity index (χ0v) is 19.5. The number of carbonyl (C=O) groups excluding carboxylic acids is 2. The lowest BCUT2D eigenvalue weighted by atomic mass is 9.94. The molecule has 2 aromatic rings. The normalized spacial score (nSPS) is 14.6. The van der Waals surface area contributed by atoms with Gasteiger partial charge in [0.05, 0.1) is 6.61 Å². The van der Waals surface area contributed by atoms with Crippen molar-refractivity contribution < 1.29 is 19.5 Å². The van der Waals surface area contributed by atoms with Gasteiger partial charge in [-0.15, -0.1) is 0 Å². The molecule has 1 aliphatic rings. The molecule has 1 aromatic heterocycles. The first-order valence-electron chi connectivity index (χ1n) is 11.6. The average Bonchev–Trinajstić information content (AvgIpc) is 2.84. The van der Waals surface area contributed by atoms with E-state index in [9.17, 15) is 9.59 Å². The molecule has 2 N–H and O–H groups in total. The van der Waals surface area contributed by atoms with Crippen molar-refractivity contribution in [2.45, 2.75) is 39.5 Å². The van der Waals surface area contributed by atoms with Crippen LogP contribution >= 0.6 is 0 Å². The molecule has 2 amide bonds. The minimum absolute atomic E-state index is 0.0156. The molecular formula is C25H34N4O4. The van der Waals surface area contributed by atoms with E-state index in [-0.39, 0.29) is 12.3 Å². The highest BCUT2D eigenvalue weighted by Crippen LogP contribution is 2.21. The Balaban J connectivity index is 1.54. The van der Waals surface area contributed by atoms with Crippen molar-refractivity contribution >= 4 is 17.6 Å². The zero-order valence-electron chi connectivity index (χ0n) is 19.5. The van der Waals surface area contributed by atoms with E-state index >= 15 is 0 Å². The van der Waals surface area contributed by atoms with Crippen LogP contribution in [-0.2, 0) is 16.0 Å². The molecule has 0 spiro atoms. The van der Waals surface area contributed by atoms with Gasteiger partial charge in [-0.05, 0) is 62.9 Å². The SMILES string of the molecule is CCOc1ccc(CCC[C@H](CC(=O)NO)C(=O)N2CCN(c3cccc(C)n3)CC2)cc1. The number of hydroxylamine groups is 1. The monoisotopic (exact) mass is 454 g/mol. The van der Waals surface area contributed by atoms with Crippen LogP contribution in [0.2, 0.25) is 0 Å². The van der Waals surface area contributed by atoms with Gasteiger partial charge in [0.25, 0.3) is 0 Å². The van der Waals surface area contributed by atoms with E-state index in [4.69, 9.17) is 9.94 Å². The number of rotatable bonds is 10. The number of anilines is 1. The number of pyridine rings is 1. The van der Waals surface area contributed by atoms with E-state index in [1.54, 1.807) is 5.48 Å². The van der Waals surface area contributed by atoms with Crippen molar-refractivity contribution in [1.82, 2.24) is 15.4 Å². The van der Waals surface area contributed by atoms with Crippen LogP contribution in [0, 0.1) is 12.8 Å². The number of hydrogen-bond donors (Lipinski definition) is 2. The smallest absolute Gasteiger partial charge is 0.244 e. The van der Waals surface area contributed by atoms with E-state index in [1.807, 2.05) is 61.2 Å². The molecule has 2 heterocycles. The summed E-state index contributed by atoms with van der Waals surface area (Å²) >= 11 is 0. The summed E-state index contributed by atoms with van der Waals surface area (Å²) in [6.07, 6.45) is 2.15. The maximum atomic E-state index is 13.2. The van der Waals surface area contributed by atoms with E-state index in [2.05, 4.69) is 9.88 Å². The first-order chi connectivity index (χ1) is 16.0. The van der Waals surface area contributed by atoms with Gasteiger partial charge in [0, 0.05) is 44.2 Å². The minimum atomic E-state index is -0.531. The Morgan fingerprint density at radius 1 is 1.12 bits per heavy atom. The highest BCUT2D eigenvalue weighted by molar-refractivity contribution is 5.85. The second kappa shape index (κ2) is 12.2. The third-order valence-corrected chi connectivity index (χ3v) is 5.95. The lowest BCUT2D eigenvalue weighted by Gasteiger charge is -2.37. The van der Waals surface area contributed by atoms with E-state index in [1.165, 1.54) is 0 Å². The van der Waals surface area contributed by atoms with Gasteiger partial charge >= 0.3 is 0 Å². The quantitative estimate of drug-likeness (QED) is 0.423. The van der Waals surface area contributed by atoms with Crippen LogP contribution in [0.25, 0.3) is 0 Å². The van der Waals surface area contributed by atoms with Crippen LogP contribution in [-0.4, -0.2) is 59.7 Å². The Morgan fingerprint density at radius 2 is 1.85 bits per heavy atom. The van der Waals surface area contributed by atoms with Gasteiger partial charge in [-0.1, -0.05) is 18.2 Å². The van der Waals surface area contributed by atoms with Gasteiger partial charge in [-0.25, -0.2) is 10.5 Å². The Morgan fingerprint density at radius 3 is 2.48 bits per heavy atom. The molecule has 33 heavy (non-hydrogen) atoms. The number of hydrogen-bond acceptors (Lipinski definition) is 6. The van der Waals surface area contributed by atoms with Crippen LogP contribution in [0.15, 0.2) is 42.5 Å². The minimum Gasteiger partial charge on any atom is -0.494 e. The molecule has 3 rings (SSSR count). The van der Waals surface area contributed by atoms with Gasteiger partial charge < -0.3 is 14.5 Å². The lowest BCUT2D eigenvalue weighted by molar-refractivity contribution is -0.141. The summed E-state index contributed by atoms with van der Waals surface area (Å²) in [4.78, 5) is 33.6. The molecule has 178 valence electrons. The number of piperazine rings is 1. The second-order valence-electron chi connectivity index (χ2n) is 8.35. The molecule has 1 atom stereocenters. The molecular weight excluding hydrogens is 420 g/mol. The lowest BCUT2D eigenvalue weighted by Crippen LogP contribution is -2.51. The Hall–Kier alpha value is -3.13. The van der Waals surface area contributed by atoms with Crippen LogP contribution in [0.1, 0.15) is 37.4 Å². The maximum Gasteiger partial charge on any atom is 0.244 e. The summed E-state index contributed by atoms with van der Waals surface area (Å²) in [5, 5.41) is 8.98. The highest BCUT2D eigenvalue weighted by Gasteiger charge is 2.29. The van der Waals surface area contributed by atoms with Crippen LogP contribution in [0.5, 0.6) is 5.75 Å². The number of ether oxygens (including phenoxy) is 1. The molecule has 1 aromatic carbocycles. The highest BCUT2D eigenvalue weighted by atomic mass is 16.5. The number of amides is 2. The summed E-state index contributed by atoms with van der Waals surface area (Å²) in [6.45, 7) is 7.13. The first-order valence-corrected chi connectivity index (χ1v) is 11.6. The summed E-state index contributed by atoms with van der Waals surface area (Å²) in [7, 11) is 0. The Bertz CT molecular complexity index is 911. The number of benzene rings is 1. The second-order valence-corrected chi connectivity index (χ2v) is 8.35. The van der Waals surface area contributed by atoms with Crippen molar-refractivity contribution in [1.29, 1.82) is 0 Å². The fourth-order valence-electron chi connectivity index (χ4n) is 4.17. The third kappa shape index (κ3) is 7.18. The van der Waals surface area contributed by atoms with Crippen molar-refractivity contribution in [2.24, 2.45) is 5.92 Å². The Kier molecular flexibility index (Phi) is 9.06. The number of aromatic nitrogens is 1. The fourth-order valence-corrected chi connectivity index (χ4v) is 4.17. The molecule has 1 fully saturated rings. The summed E-state index contributed by atoms with van der Waals surface area (Å²) < 4.78 is 5.47. The molecule has 0 unspecified atom stereocenters. The van der Waals surface area contributed by atoms with Crippen molar-refractivity contribution in [3.05, 3.63) is 53.7 Å². The van der Waals surface area contributed by atoms with Crippen molar-refractivity contribution in [3.8, 4) is 5.75 Å². The molecule has 0 saturated carbocycles. The summed E-state index contributed by atoms with van der Waals surface area (Å²) in [5.41, 5.74) is 3.80.